The molecule has 0 radical (unpaired) electrons. The van der Waals surface area contributed by atoms with Gasteiger partial charge in [-0.3, -0.25) is 9.78 Å². The van der Waals surface area contributed by atoms with E-state index >= 15 is 0 Å². The summed E-state index contributed by atoms with van der Waals surface area (Å²) in [4.78, 5) is 20.2. The zero-order chi connectivity index (χ0) is 17.6. The first-order valence-electron chi connectivity index (χ1n) is 8.08. The lowest BCUT2D eigenvalue weighted by Crippen LogP contribution is -2.08. The third-order valence-corrected chi connectivity index (χ3v) is 3.96. The van der Waals surface area contributed by atoms with Crippen LogP contribution in [0.2, 0.25) is 0 Å². The van der Waals surface area contributed by atoms with Crippen molar-refractivity contribution in [3.8, 4) is 5.75 Å². The summed E-state index contributed by atoms with van der Waals surface area (Å²) in [5.74, 6) is 1.30. The van der Waals surface area contributed by atoms with Gasteiger partial charge in [-0.15, -0.1) is 0 Å². The molecule has 1 N–H and O–H groups in total. The summed E-state index contributed by atoms with van der Waals surface area (Å²) >= 11 is 5.65. The number of para-hydroxylation sites is 1. The molecule has 2 aromatic heterocycles. The minimum absolute atomic E-state index is 0.385. The molecule has 5 nitrogen and oxygen atoms in total. The average molecular weight is 356 g/mol. The van der Waals surface area contributed by atoms with Crippen LogP contribution in [0, 0.1) is 0 Å². The topological polar surface area (TPSA) is 64.1 Å². The van der Waals surface area contributed by atoms with Crippen molar-refractivity contribution in [3.05, 3.63) is 59.9 Å². The van der Waals surface area contributed by atoms with Gasteiger partial charge in [0, 0.05) is 30.7 Å². The summed E-state index contributed by atoms with van der Waals surface area (Å²) in [5.41, 5.74) is 2.17. The maximum atomic E-state index is 11.6. The van der Waals surface area contributed by atoms with E-state index in [1.54, 1.807) is 18.5 Å². The molecule has 128 valence electrons. The Hall–Kier alpha value is -2.66. The van der Waals surface area contributed by atoms with Crippen molar-refractivity contribution in [2.45, 2.75) is 13.3 Å². The van der Waals surface area contributed by atoms with Crippen LogP contribution >= 0.6 is 11.6 Å². The Morgan fingerprint density at radius 1 is 1.24 bits per heavy atom. The SMILES string of the molecule is CCNc1ncc(CCOc2ccnc3ccccc23)cc1C(=O)Cl. The normalized spacial score (nSPS) is 10.6. The van der Waals surface area contributed by atoms with Crippen LogP contribution in [0.15, 0.2) is 48.8 Å². The van der Waals surface area contributed by atoms with E-state index in [4.69, 9.17) is 16.3 Å². The molecule has 0 bridgehead atoms. The van der Waals surface area contributed by atoms with Crippen LogP contribution in [0.4, 0.5) is 5.82 Å². The van der Waals surface area contributed by atoms with Gasteiger partial charge in [0.15, 0.2) is 0 Å². The molecule has 1 aromatic carbocycles. The lowest BCUT2D eigenvalue weighted by atomic mass is 10.1. The number of rotatable bonds is 7. The lowest BCUT2D eigenvalue weighted by molar-refractivity contribution is 0.108. The monoisotopic (exact) mass is 355 g/mol. The van der Waals surface area contributed by atoms with E-state index < -0.39 is 5.24 Å². The number of pyridine rings is 2. The summed E-state index contributed by atoms with van der Waals surface area (Å²) in [5, 5.41) is 3.48. The van der Waals surface area contributed by atoms with Gasteiger partial charge in [-0.25, -0.2) is 4.98 Å². The molecule has 0 atom stereocenters. The molecule has 0 aliphatic heterocycles. The fourth-order valence-electron chi connectivity index (χ4n) is 2.58. The molecular formula is C19H18ClN3O2. The second-order valence-electron chi connectivity index (χ2n) is 5.47. The summed E-state index contributed by atoms with van der Waals surface area (Å²) in [6, 6.07) is 11.4. The van der Waals surface area contributed by atoms with Gasteiger partial charge >= 0.3 is 0 Å². The van der Waals surface area contributed by atoms with Gasteiger partial charge in [0.1, 0.15) is 11.6 Å². The van der Waals surface area contributed by atoms with E-state index in [9.17, 15) is 4.79 Å². The van der Waals surface area contributed by atoms with Crippen molar-refractivity contribution >= 4 is 33.6 Å². The molecule has 6 heteroatoms. The number of carbonyl (C=O) groups is 1. The van der Waals surface area contributed by atoms with Gasteiger partial charge in [0.05, 0.1) is 17.7 Å². The smallest absolute Gasteiger partial charge is 0.256 e. The van der Waals surface area contributed by atoms with Crippen LogP contribution in [0.25, 0.3) is 10.9 Å². The van der Waals surface area contributed by atoms with Crippen molar-refractivity contribution in [1.29, 1.82) is 0 Å². The summed E-state index contributed by atoms with van der Waals surface area (Å²) in [6.45, 7) is 3.07. The fraction of sp³-hybridized carbons (Fsp3) is 0.211. The van der Waals surface area contributed by atoms with E-state index in [0.29, 0.717) is 31.0 Å². The summed E-state index contributed by atoms with van der Waals surface area (Å²) in [6.07, 6.45) is 4.08. The number of ether oxygens (including phenoxy) is 1. The predicted octanol–water partition coefficient (Wildman–Crippen LogP) is 4.06. The van der Waals surface area contributed by atoms with Crippen LogP contribution < -0.4 is 10.1 Å². The highest BCUT2D eigenvalue weighted by Gasteiger charge is 2.11. The minimum Gasteiger partial charge on any atom is -0.492 e. The Morgan fingerprint density at radius 3 is 2.88 bits per heavy atom. The van der Waals surface area contributed by atoms with E-state index in [1.807, 2.05) is 37.3 Å². The number of nitrogens with zero attached hydrogens (tertiary/aromatic N) is 2. The highest BCUT2D eigenvalue weighted by atomic mass is 35.5. The first-order valence-corrected chi connectivity index (χ1v) is 8.46. The quantitative estimate of drug-likeness (QED) is 0.647. The van der Waals surface area contributed by atoms with Gasteiger partial charge in [0.2, 0.25) is 0 Å². The van der Waals surface area contributed by atoms with Crippen LogP contribution in [0.1, 0.15) is 22.8 Å². The minimum atomic E-state index is -0.522. The molecule has 0 aliphatic rings. The van der Waals surface area contributed by atoms with Crippen molar-refractivity contribution in [2.24, 2.45) is 0 Å². The predicted molar refractivity (Wildman–Crippen MR) is 99.5 cm³/mol. The van der Waals surface area contributed by atoms with E-state index in [2.05, 4.69) is 15.3 Å². The maximum absolute atomic E-state index is 11.6. The Kier molecular flexibility index (Phi) is 5.46. The molecule has 0 saturated heterocycles. The van der Waals surface area contributed by atoms with Gasteiger partial charge in [-0.1, -0.05) is 12.1 Å². The Bertz CT molecular complexity index is 893. The van der Waals surface area contributed by atoms with Crippen molar-refractivity contribution < 1.29 is 9.53 Å². The third kappa shape index (κ3) is 4.06. The number of hydrogen-bond acceptors (Lipinski definition) is 5. The molecule has 0 unspecified atom stereocenters. The molecule has 0 amide bonds. The molecule has 0 saturated carbocycles. The standard InChI is InChI=1S/C19H18ClN3O2/c1-2-21-19-15(18(20)24)11-13(12-23-19)8-10-25-17-7-9-22-16-6-4-3-5-14(16)17/h3-7,9,11-12H,2,8,10H2,1H3,(H,21,23). The average Bonchev–Trinajstić information content (AvgIpc) is 2.63. The van der Waals surface area contributed by atoms with Crippen LogP contribution in [0.5, 0.6) is 5.75 Å². The van der Waals surface area contributed by atoms with E-state index in [-0.39, 0.29) is 0 Å². The lowest BCUT2D eigenvalue weighted by Gasteiger charge is -2.11. The van der Waals surface area contributed by atoms with Crippen LogP contribution in [0.3, 0.4) is 0 Å². The molecule has 0 spiro atoms. The van der Waals surface area contributed by atoms with E-state index in [1.165, 1.54) is 0 Å². The van der Waals surface area contributed by atoms with Crippen LogP contribution in [-0.4, -0.2) is 28.4 Å². The molecule has 0 fully saturated rings. The zero-order valence-corrected chi connectivity index (χ0v) is 14.6. The third-order valence-electron chi connectivity index (χ3n) is 3.76. The van der Waals surface area contributed by atoms with Crippen molar-refractivity contribution in [1.82, 2.24) is 9.97 Å². The Balaban J connectivity index is 1.71. The molecule has 3 rings (SSSR count). The fourth-order valence-corrected chi connectivity index (χ4v) is 2.72. The molecular weight excluding hydrogens is 338 g/mol. The number of carbonyl (C=O) groups excluding carboxylic acids is 1. The van der Waals surface area contributed by atoms with Gasteiger partial charge in [0.25, 0.3) is 5.24 Å². The number of halogens is 1. The second-order valence-corrected chi connectivity index (χ2v) is 5.81. The second kappa shape index (κ2) is 7.94. The number of anilines is 1. The van der Waals surface area contributed by atoms with Crippen molar-refractivity contribution in [3.63, 3.8) is 0 Å². The molecule has 25 heavy (non-hydrogen) atoms. The van der Waals surface area contributed by atoms with Gasteiger partial charge < -0.3 is 10.1 Å². The molecule has 2 heterocycles. The molecule has 3 aromatic rings. The number of fused-ring (bicyclic) bond motifs is 1. The van der Waals surface area contributed by atoms with E-state index in [0.717, 1.165) is 22.2 Å². The number of hydrogen-bond donors (Lipinski definition) is 1. The van der Waals surface area contributed by atoms with Gasteiger partial charge in [-0.2, -0.15) is 0 Å². The highest BCUT2D eigenvalue weighted by Crippen LogP contribution is 2.23. The Morgan fingerprint density at radius 2 is 2.08 bits per heavy atom. The number of nitrogens with one attached hydrogen (secondary N) is 1. The van der Waals surface area contributed by atoms with Gasteiger partial charge in [-0.05, 0) is 48.4 Å². The Labute approximate surface area is 151 Å². The number of aromatic nitrogens is 2. The van der Waals surface area contributed by atoms with Crippen molar-refractivity contribution in [2.75, 3.05) is 18.5 Å². The zero-order valence-electron chi connectivity index (χ0n) is 13.8. The first-order chi connectivity index (χ1) is 12.2. The maximum Gasteiger partial charge on any atom is 0.256 e. The molecule has 0 aliphatic carbocycles. The summed E-state index contributed by atoms with van der Waals surface area (Å²) < 4.78 is 5.90. The largest absolute Gasteiger partial charge is 0.492 e. The number of benzene rings is 1. The van der Waals surface area contributed by atoms with Crippen LogP contribution in [-0.2, 0) is 6.42 Å². The first kappa shape index (κ1) is 17.2. The summed E-state index contributed by atoms with van der Waals surface area (Å²) in [7, 11) is 0. The highest BCUT2D eigenvalue weighted by molar-refractivity contribution is 6.68.